The average molecular weight is 381 g/mol. The first-order valence-corrected chi connectivity index (χ1v) is 9.17. The van der Waals surface area contributed by atoms with Crippen molar-refractivity contribution in [1.82, 2.24) is 4.90 Å². The maximum absolute atomic E-state index is 12.0. The molecular formula is C21H23N3O4. The number of carbonyl (C=O) groups excluding carboxylic acids is 1. The van der Waals surface area contributed by atoms with E-state index in [9.17, 15) is 9.59 Å². The van der Waals surface area contributed by atoms with Gasteiger partial charge in [-0.05, 0) is 73.9 Å². The lowest BCUT2D eigenvalue weighted by atomic mass is 10.1. The molecule has 0 bridgehead atoms. The van der Waals surface area contributed by atoms with Crippen molar-refractivity contribution in [2.45, 2.75) is 19.8 Å². The molecule has 2 aromatic rings. The van der Waals surface area contributed by atoms with E-state index in [4.69, 9.17) is 9.84 Å². The maximum atomic E-state index is 12.0. The number of ether oxygens (including phenoxy) is 1. The SMILES string of the molecule is C/C(=N\Nc1ccc(C(=O)O)cc1)c1ccc(OCC(=O)N2CCCC2)cc1. The van der Waals surface area contributed by atoms with Gasteiger partial charge in [-0.1, -0.05) is 0 Å². The zero-order valence-corrected chi connectivity index (χ0v) is 15.7. The molecule has 0 radical (unpaired) electrons. The predicted molar refractivity (Wildman–Crippen MR) is 107 cm³/mol. The van der Waals surface area contributed by atoms with Crippen LogP contribution in [0.25, 0.3) is 0 Å². The third-order valence-corrected chi connectivity index (χ3v) is 4.58. The molecule has 2 aromatic carbocycles. The van der Waals surface area contributed by atoms with Crippen LogP contribution in [0.2, 0.25) is 0 Å². The Kier molecular flexibility index (Phi) is 6.26. The Morgan fingerprint density at radius 1 is 1.04 bits per heavy atom. The van der Waals surface area contributed by atoms with Crippen molar-refractivity contribution in [3.8, 4) is 5.75 Å². The van der Waals surface area contributed by atoms with Gasteiger partial charge < -0.3 is 14.7 Å². The van der Waals surface area contributed by atoms with Crippen LogP contribution in [-0.4, -0.2) is 47.3 Å². The van der Waals surface area contributed by atoms with E-state index >= 15 is 0 Å². The predicted octanol–water partition coefficient (Wildman–Crippen LogP) is 3.22. The molecule has 0 unspecified atom stereocenters. The molecule has 1 saturated heterocycles. The Balaban J connectivity index is 1.53. The summed E-state index contributed by atoms with van der Waals surface area (Å²) in [5, 5.41) is 13.2. The number of hydrogen-bond donors (Lipinski definition) is 2. The number of nitrogens with zero attached hydrogens (tertiary/aromatic N) is 2. The van der Waals surface area contributed by atoms with E-state index in [1.54, 1.807) is 12.1 Å². The molecular weight excluding hydrogens is 358 g/mol. The van der Waals surface area contributed by atoms with Crippen molar-refractivity contribution in [3.05, 3.63) is 59.7 Å². The number of carboxylic acid groups (broad SMARTS) is 1. The lowest BCUT2D eigenvalue weighted by Gasteiger charge is -2.15. The van der Waals surface area contributed by atoms with Gasteiger partial charge >= 0.3 is 5.97 Å². The summed E-state index contributed by atoms with van der Waals surface area (Å²) in [6, 6.07) is 13.7. The van der Waals surface area contributed by atoms with Crippen LogP contribution in [0.5, 0.6) is 5.75 Å². The average Bonchev–Trinajstić information content (AvgIpc) is 3.26. The van der Waals surface area contributed by atoms with Crippen LogP contribution in [0, 0.1) is 0 Å². The highest BCUT2D eigenvalue weighted by atomic mass is 16.5. The van der Waals surface area contributed by atoms with Gasteiger partial charge in [0.1, 0.15) is 5.75 Å². The molecule has 0 atom stereocenters. The first kappa shape index (κ1) is 19.4. The van der Waals surface area contributed by atoms with Crippen LogP contribution in [0.4, 0.5) is 5.69 Å². The van der Waals surface area contributed by atoms with E-state index in [-0.39, 0.29) is 18.1 Å². The topological polar surface area (TPSA) is 91.2 Å². The van der Waals surface area contributed by atoms with Gasteiger partial charge in [-0.3, -0.25) is 10.2 Å². The van der Waals surface area contributed by atoms with E-state index < -0.39 is 5.97 Å². The fraction of sp³-hybridized carbons (Fsp3) is 0.286. The van der Waals surface area contributed by atoms with Gasteiger partial charge in [0.05, 0.1) is 17.0 Å². The molecule has 0 spiro atoms. The quantitative estimate of drug-likeness (QED) is 0.568. The number of carboxylic acids is 1. The van der Waals surface area contributed by atoms with E-state index in [2.05, 4.69) is 10.5 Å². The molecule has 1 aliphatic heterocycles. The number of hydrogen-bond acceptors (Lipinski definition) is 5. The van der Waals surface area contributed by atoms with E-state index in [0.29, 0.717) is 11.4 Å². The number of likely N-dealkylation sites (tertiary alicyclic amines) is 1. The fourth-order valence-electron chi connectivity index (χ4n) is 2.90. The summed E-state index contributed by atoms with van der Waals surface area (Å²) in [5.74, 6) is -0.297. The maximum Gasteiger partial charge on any atom is 0.335 e. The summed E-state index contributed by atoms with van der Waals surface area (Å²) in [5.41, 5.74) is 5.51. The van der Waals surface area contributed by atoms with Gasteiger partial charge in [-0.2, -0.15) is 5.10 Å². The Hall–Kier alpha value is -3.35. The molecule has 146 valence electrons. The zero-order valence-electron chi connectivity index (χ0n) is 15.7. The highest BCUT2D eigenvalue weighted by Gasteiger charge is 2.18. The summed E-state index contributed by atoms with van der Waals surface area (Å²) < 4.78 is 5.58. The number of amides is 1. The Labute approximate surface area is 163 Å². The number of nitrogens with one attached hydrogen (secondary N) is 1. The fourth-order valence-corrected chi connectivity index (χ4v) is 2.90. The summed E-state index contributed by atoms with van der Waals surface area (Å²) >= 11 is 0. The largest absolute Gasteiger partial charge is 0.484 e. The Morgan fingerprint density at radius 3 is 2.25 bits per heavy atom. The first-order valence-electron chi connectivity index (χ1n) is 9.17. The lowest BCUT2D eigenvalue weighted by molar-refractivity contribution is -0.132. The van der Waals surface area contributed by atoms with Gasteiger partial charge in [0, 0.05) is 13.1 Å². The van der Waals surface area contributed by atoms with Crippen LogP contribution >= 0.6 is 0 Å². The van der Waals surface area contributed by atoms with Crippen LogP contribution < -0.4 is 10.2 Å². The molecule has 1 fully saturated rings. The van der Waals surface area contributed by atoms with Crippen molar-refractivity contribution in [2.24, 2.45) is 5.10 Å². The normalized spacial score (nSPS) is 14.0. The van der Waals surface area contributed by atoms with Gasteiger partial charge in [0.25, 0.3) is 5.91 Å². The van der Waals surface area contributed by atoms with E-state index in [1.165, 1.54) is 12.1 Å². The van der Waals surface area contributed by atoms with Crippen LogP contribution in [-0.2, 0) is 4.79 Å². The van der Waals surface area contributed by atoms with Crippen molar-refractivity contribution >= 4 is 23.3 Å². The highest BCUT2D eigenvalue weighted by Crippen LogP contribution is 2.15. The monoisotopic (exact) mass is 381 g/mol. The standard InChI is InChI=1S/C21H23N3O4/c1-15(22-23-18-8-4-17(5-9-18)21(26)27)16-6-10-19(11-7-16)28-14-20(25)24-12-2-3-13-24/h4-11,23H,2-3,12-14H2,1H3,(H,26,27)/b22-15+. The number of benzene rings is 2. The molecule has 1 heterocycles. The number of hydrazone groups is 1. The molecule has 2 N–H and O–H groups in total. The number of rotatable bonds is 7. The minimum Gasteiger partial charge on any atom is -0.484 e. The van der Waals surface area contributed by atoms with Gasteiger partial charge in [0.2, 0.25) is 0 Å². The molecule has 7 heteroatoms. The molecule has 1 aliphatic rings. The number of anilines is 1. The van der Waals surface area contributed by atoms with Crippen molar-refractivity contribution in [2.75, 3.05) is 25.1 Å². The summed E-state index contributed by atoms with van der Waals surface area (Å²) in [7, 11) is 0. The van der Waals surface area contributed by atoms with Crippen molar-refractivity contribution in [3.63, 3.8) is 0 Å². The van der Waals surface area contributed by atoms with Gasteiger partial charge in [-0.25, -0.2) is 4.79 Å². The van der Waals surface area contributed by atoms with Gasteiger partial charge in [-0.15, -0.1) is 0 Å². The Bertz CT molecular complexity index is 854. The number of aromatic carboxylic acids is 1. The van der Waals surface area contributed by atoms with E-state index in [0.717, 1.165) is 37.2 Å². The minimum absolute atomic E-state index is 0.0254. The summed E-state index contributed by atoms with van der Waals surface area (Å²) in [6.45, 7) is 3.57. The third-order valence-electron chi connectivity index (χ3n) is 4.58. The summed E-state index contributed by atoms with van der Waals surface area (Å²) in [6.07, 6.45) is 2.13. The third kappa shape index (κ3) is 5.09. The molecule has 7 nitrogen and oxygen atoms in total. The smallest absolute Gasteiger partial charge is 0.335 e. The van der Waals surface area contributed by atoms with Crippen LogP contribution in [0.15, 0.2) is 53.6 Å². The number of carbonyl (C=O) groups is 2. The minimum atomic E-state index is -0.962. The molecule has 28 heavy (non-hydrogen) atoms. The highest BCUT2D eigenvalue weighted by molar-refractivity contribution is 5.99. The molecule has 1 amide bonds. The lowest BCUT2D eigenvalue weighted by Crippen LogP contribution is -2.32. The van der Waals surface area contributed by atoms with E-state index in [1.807, 2.05) is 36.1 Å². The van der Waals surface area contributed by atoms with Crippen LogP contribution in [0.1, 0.15) is 35.7 Å². The summed E-state index contributed by atoms with van der Waals surface area (Å²) in [4.78, 5) is 24.7. The second-order valence-electron chi connectivity index (χ2n) is 6.59. The molecule has 0 aliphatic carbocycles. The Morgan fingerprint density at radius 2 is 1.64 bits per heavy atom. The molecule has 0 saturated carbocycles. The second kappa shape index (κ2) is 9.03. The van der Waals surface area contributed by atoms with Gasteiger partial charge in [0.15, 0.2) is 6.61 Å². The molecule has 0 aromatic heterocycles. The second-order valence-corrected chi connectivity index (χ2v) is 6.59. The van der Waals surface area contributed by atoms with Crippen LogP contribution in [0.3, 0.4) is 0 Å². The van der Waals surface area contributed by atoms with Crippen molar-refractivity contribution < 1.29 is 19.4 Å². The molecule has 3 rings (SSSR count). The zero-order chi connectivity index (χ0) is 19.9. The van der Waals surface area contributed by atoms with Crippen molar-refractivity contribution in [1.29, 1.82) is 0 Å². The first-order chi connectivity index (χ1) is 13.5.